The number of hydrogen-bond acceptors (Lipinski definition) is 3. The molecule has 1 aromatic carbocycles. The van der Waals surface area contributed by atoms with Crippen molar-refractivity contribution in [2.45, 2.75) is 123 Å². The van der Waals surface area contributed by atoms with Crippen LogP contribution < -0.4 is 10.6 Å². The number of hydrogen-bond donors (Lipinski definition) is 2. The number of anilines is 1. The molecule has 40 heavy (non-hydrogen) atoms. The number of unbranched alkanes of at least 4 members (excludes halogenated alkanes) is 10. The lowest BCUT2D eigenvalue weighted by Crippen LogP contribution is -2.60. The molecule has 4 amide bonds. The third kappa shape index (κ3) is 12.1. The minimum Gasteiger partial charge on any atom is -0.344 e. The Labute approximate surface area is 247 Å². The monoisotopic (exact) mass is 576 g/mol. The van der Waals surface area contributed by atoms with Crippen LogP contribution in [0.2, 0.25) is 5.02 Å². The molecule has 1 saturated heterocycles. The van der Waals surface area contributed by atoms with Crippen molar-refractivity contribution >= 4 is 35.1 Å². The second-order valence-corrected chi connectivity index (χ2v) is 11.9. The van der Waals surface area contributed by atoms with E-state index in [0.29, 0.717) is 36.8 Å². The molecule has 1 aliphatic rings. The van der Waals surface area contributed by atoms with Crippen LogP contribution in [0.15, 0.2) is 24.3 Å². The molecule has 0 radical (unpaired) electrons. The van der Waals surface area contributed by atoms with Gasteiger partial charge in [0.15, 0.2) is 0 Å². The first-order valence-corrected chi connectivity index (χ1v) is 16.1. The number of nitrogens with one attached hydrogen (secondary N) is 2. The van der Waals surface area contributed by atoms with E-state index in [0.717, 1.165) is 19.3 Å². The molecular formula is C32H53ClN4O3. The first-order valence-electron chi connectivity index (χ1n) is 15.7. The van der Waals surface area contributed by atoms with Crippen molar-refractivity contribution in [2.75, 3.05) is 25.0 Å². The van der Waals surface area contributed by atoms with Crippen LogP contribution in [0.1, 0.15) is 111 Å². The fourth-order valence-corrected chi connectivity index (χ4v) is 5.39. The number of urea groups is 1. The number of carbonyl (C=O) groups is 3. The van der Waals surface area contributed by atoms with Gasteiger partial charge in [0.1, 0.15) is 6.04 Å². The summed E-state index contributed by atoms with van der Waals surface area (Å²) in [4.78, 5) is 42.7. The van der Waals surface area contributed by atoms with Gasteiger partial charge in [-0.25, -0.2) is 4.79 Å². The summed E-state index contributed by atoms with van der Waals surface area (Å²) in [6, 6.07) is 6.12. The Kier molecular flexibility index (Phi) is 16.1. The molecule has 2 N–H and O–H groups in total. The van der Waals surface area contributed by atoms with Crippen LogP contribution in [0.25, 0.3) is 0 Å². The maximum absolute atomic E-state index is 13.5. The van der Waals surface area contributed by atoms with Gasteiger partial charge in [0.05, 0.1) is 0 Å². The summed E-state index contributed by atoms with van der Waals surface area (Å²) in [6.07, 6.45) is 14.9. The Bertz CT molecular complexity index is 895. The molecule has 7 nitrogen and oxygen atoms in total. The van der Waals surface area contributed by atoms with Crippen LogP contribution in [-0.2, 0) is 9.59 Å². The van der Waals surface area contributed by atoms with Crippen LogP contribution >= 0.6 is 11.6 Å². The highest BCUT2D eigenvalue weighted by Gasteiger charge is 2.35. The Hall–Kier alpha value is -2.28. The Balaban J connectivity index is 1.74. The molecule has 3 atom stereocenters. The standard InChI is InChI=1S/C32H53ClN4O3/c1-5-7-8-9-10-11-12-13-14-15-16-17-29(38)35-30(25(3)6-2)31(39)36-22-23-37(26(4)24-36)32(40)34-28-20-18-27(33)19-21-28/h18-21,25-26,30H,5-17,22-24H2,1-4H3,(H,34,40)(H,35,38). The van der Waals surface area contributed by atoms with Gasteiger partial charge in [0.2, 0.25) is 11.8 Å². The van der Waals surface area contributed by atoms with Gasteiger partial charge >= 0.3 is 6.03 Å². The summed E-state index contributed by atoms with van der Waals surface area (Å²) in [6.45, 7) is 9.58. The lowest BCUT2D eigenvalue weighted by molar-refractivity contribution is -0.139. The second-order valence-electron chi connectivity index (χ2n) is 11.5. The van der Waals surface area contributed by atoms with Gasteiger partial charge in [-0.3, -0.25) is 9.59 Å². The normalized spacial score (nSPS) is 16.9. The molecule has 0 aromatic heterocycles. The van der Waals surface area contributed by atoms with Crippen molar-refractivity contribution in [3.63, 3.8) is 0 Å². The SMILES string of the molecule is CCCCCCCCCCCCCC(=O)NC(C(=O)N1CCN(C(=O)Nc2ccc(Cl)cc2)C(C)C1)C(C)CC. The number of amides is 4. The maximum Gasteiger partial charge on any atom is 0.322 e. The smallest absolute Gasteiger partial charge is 0.322 e. The van der Waals surface area contributed by atoms with Crippen LogP contribution in [0.3, 0.4) is 0 Å². The van der Waals surface area contributed by atoms with E-state index in [-0.39, 0.29) is 29.8 Å². The van der Waals surface area contributed by atoms with Crippen molar-refractivity contribution in [1.29, 1.82) is 0 Å². The highest BCUT2D eigenvalue weighted by Crippen LogP contribution is 2.19. The molecule has 8 heteroatoms. The summed E-state index contributed by atoms with van der Waals surface area (Å²) < 4.78 is 0. The van der Waals surface area contributed by atoms with Gasteiger partial charge in [-0.2, -0.15) is 0 Å². The molecule has 0 spiro atoms. The zero-order chi connectivity index (χ0) is 29.3. The lowest BCUT2D eigenvalue weighted by Gasteiger charge is -2.41. The van der Waals surface area contributed by atoms with Gasteiger partial charge < -0.3 is 20.4 Å². The Morgan fingerprint density at radius 3 is 2.02 bits per heavy atom. The molecule has 1 aliphatic heterocycles. The van der Waals surface area contributed by atoms with E-state index in [1.54, 1.807) is 34.1 Å². The zero-order valence-corrected chi connectivity index (χ0v) is 26.1. The third-order valence-electron chi connectivity index (χ3n) is 8.10. The van der Waals surface area contributed by atoms with Gasteiger partial charge in [-0.05, 0) is 43.5 Å². The van der Waals surface area contributed by atoms with Crippen molar-refractivity contribution in [1.82, 2.24) is 15.1 Å². The Morgan fingerprint density at radius 2 is 1.48 bits per heavy atom. The third-order valence-corrected chi connectivity index (χ3v) is 8.35. The van der Waals surface area contributed by atoms with Crippen LogP contribution in [0, 0.1) is 5.92 Å². The van der Waals surface area contributed by atoms with Gasteiger partial charge in [0, 0.05) is 42.8 Å². The molecule has 2 rings (SSSR count). The largest absolute Gasteiger partial charge is 0.344 e. The maximum atomic E-state index is 13.5. The quantitative estimate of drug-likeness (QED) is 0.187. The number of piperazine rings is 1. The predicted octanol–water partition coefficient (Wildman–Crippen LogP) is 7.64. The summed E-state index contributed by atoms with van der Waals surface area (Å²) in [5, 5.41) is 6.57. The fourth-order valence-electron chi connectivity index (χ4n) is 5.26. The first kappa shape index (κ1) is 33.9. The molecular weight excluding hydrogens is 524 g/mol. The minimum absolute atomic E-state index is 0.0373. The molecule has 0 saturated carbocycles. The average molecular weight is 577 g/mol. The van der Waals surface area contributed by atoms with Gasteiger partial charge in [-0.15, -0.1) is 0 Å². The van der Waals surface area contributed by atoms with Crippen LogP contribution in [0.5, 0.6) is 0 Å². The molecule has 1 aromatic rings. The first-order chi connectivity index (χ1) is 19.3. The molecule has 0 aliphatic carbocycles. The molecule has 226 valence electrons. The van der Waals surface area contributed by atoms with Gasteiger partial charge in [-0.1, -0.05) is 103 Å². The van der Waals surface area contributed by atoms with E-state index in [9.17, 15) is 14.4 Å². The van der Waals surface area contributed by atoms with Crippen molar-refractivity contribution < 1.29 is 14.4 Å². The molecule has 1 heterocycles. The zero-order valence-electron chi connectivity index (χ0n) is 25.4. The average Bonchev–Trinajstić information content (AvgIpc) is 2.95. The summed E-state index contributed by atoms with van der Waals surface area (Å²) >= 11 is 5.94. The number of halogens is 1. The van der Waals surface area contributed by atoms with Gasteiger partial charge in [0.25, 0.3) is 0 Å². The van der Waals surface area contributed by atoms with E-state index in [1.165, 1.54) is 57.8 Å². The second kappa shape index (κ2) is 19.0. The lowest BCUT2D eigenvalue weighted by atomic mass is 9.96. The van der Waals surface area contributed by atoms with E-state index in [2.05, 4.69) is 17.6 Å². The van der Waals surface area contributed by atoms with Crippen molar-refractivity contribution in [3.05, 3.63) is 29.3 Å². The van der Waals surface area contributed by atoms with E-state index in [4.69, 9.17) is 11.6 Å². The van der Waals surface area contributed by atoms with E-state index >= 15 is 0 Å². The number of rotatable bonds is 17. The highest BCUT2D eigenvalue weighted by atomic mass is 35.5. The van der Waals surface area contributed by atoms with E-state index in [1.807, 2.05) is 20.8 Å². The topological polar surface area (TPSA) is 81.8 Å². The van der Waals surface area contributed by atoms with Crippen molar-refractivity contribution in [2.24, 2.45) is 5.92 Å². The minimum atomic E-state index is -0.535. The molecule has 3 unspecified atom stereocenters. The molecule has 1 fully saturated rings. The fraction of sp³-hybridized carbons (Fsp3) is 0.719. The summed E-state index contributed by atoms with van der Waals surface area (Å²) in [5.41, 5.74) is 0.678. The van der Waals surface area contributed by atoms with E-state index < -0.39 is 6.04 Å². The Morgan fingerprint density at radius 1 is 0.900 bits per heavy atom. The predicted molar refractivity (Wildman–Crippen MR) is 166 cm³/mol. The van der Waals surface area contributed by atoms with Crippen LogP contribution in [-0.4, -0.2) is 59.4 Å². The van der Waals surface area contributed by atoms with Crippen LogP contribution in [0.4, 0.5) is 10.5 Å². The number of nitrogens with zero attached hydrogens (tertiary/aromatic N) is 2. The van der Waals surface area contributed by atoms with Crippen molar-refractivity contribution in [3.8, 4) is 0 Å². The highest BCUT2D eigenvalue weighted by molar-refractivity contribution is 6.30. The molecule has 0 bridgehead atoms. The number of carbonyl (C=O) groups excluding carboxylic acids is 3. The number of benzene rings is 1. The summed E-state index contributed by atoms with van der Waals surface area (Å²) in [7, 11) is 0. The summed E-state index contributed by atoms with van der Waals surface area (Å²) in [5.74, 6) is -0.0508.